The molecule has 3 N–H and O–H groups in total. The summed E-state index contributed by atoms with van der Waals surface area (Å²) in [5, 5.41) is 5.60. The molecule has 160 valence electrons. The van der Waals surface area contributed by atoms with Crippen molar-refractivity contribution in [1.29, 1.82) is 0 Å². The van der Waals surface area contributed by atoms with Crippen molar-refractivity contribution in [2.45, 2.75) is 18.7 Å². The number of nitrogens with zero attached hydrogens (tertiary/aromatic N) is 5. The van der Waals surface area contributed by atoms with Gasteiger partial charge in [0.05, 0.1) is 10.4 Å². The number of fused-ring (bicyclic) bond motifs is 1. The first-order valence-electron chi connectivity index (χ1n) is 9.55. The summed E-state index contributed by atoms with van der Waals surface area (Å²) < 4.78 is 30.0. The first-order valence-corrected chi connectivity index (χ1v) is 11.0. The Hall–Kier alpha value is -3.66. The highest BCUT2D eigenvalue weighted by Crippen LogP contribution is 2.28. The van der Waals surface area contributed by atoms with Crippen molar-refractivity contribution in [2.75, 3.05) is 22.4 Å². The molecule has 10 heteroatoms. The summed E-state index contributed by atoms with van der Waals surface area (Å²) in [6.45, 7) is 3.72. The number of nitrogens with one attached hydrogen (secondary N) is 1. The number of hydrogen-bond donors (Lipinski definition) is 2. The van der Waals surface area contributed by atoms with Gasteiger partial charge in [-0.25, -0.2) is 18.1 Å². The summed E-state index contributed by atoms with van der Waals surface area (Å²) >= 11 is 0. The SMILES string of the molecule is Cc1ccc(N)cc1S(=O)(=O)Nc1nccc(N(C)c2ccc3c(C)n(C)nc3c2)n1. The van der Waals surface area contributed by atoms with Crippen LogP contribution < -0.4 is 15.4 Å². The van der Waals surface area contributed by atoms with Gasteiger partial charge in [-0.2, -0.15) is 10.1 Å². The maximum Gasteiger partial charge on any atom is 0.264 e. The minimum absolute atomic E-state index is 0.0269. The van der Waals surface area contributed by atoms with Crippen molar-refractivity contribution < 1.29 is 8.42 Å². The average Bonchev–Trinajstić information content (AvgIpc) is 3.02. The molecule has 0 aliphatic rings. The van der Waals surface area contributed by atoms with Crippen LogP contribution in [-0.4, -0.2) is 35.2 Å². The number of rotatable bonds is 5. The average molecular weight is 438 g/mol. The van der Waals surface area contributed by atoms with Gasteiger partial charge in [-0.3, -0.25) is 4.68 Å². The molecule has 4 rings (SSSR count). The molecule has 0 aliphatic carbocycles. The van der Waals surface area contributed by atoms with E-state index < -0.39 is 10.0 Å². The molecule has 0 amide bonds. The van der Waals surface area contributed by atoms with Gasteiger partial charge >= 0.3 is 0 Å². The first kappa shape index (κ1) is 20.6. The highest BCUT2D eigenvalue weighted by molar-refractivity contribution is 7.92. The molecule has 31 heavy (non-hydrogen) atoms. The van der Waals surface area contributed by atoms with Crippen molar-refractivity contribution in [3.05, 3.63) is 59.9 Å². The van der Waals surface area contributed by atoms with Crippen LogP contribution in [0.3, 0.4) is 0 Å². The predicted octanol–water partition coefficient (Wildman–Crippen LogP) is 3.13. The summed E-state index contributed by atoms with van der Waals surface area (Å²) in [7, 11) is -0.138. The van der Waals surface area contributed by atoms with Crippen LogP contribution >= 0.6 is 0 Å². The van der Waals surface area contributed by atoms with Crippen LogP contribution in [0.25, 0.3) is 10.9 Å². The van der Waals surface area contributed by atoms with E-state index in [-0.39, 0.29) is 10.8 Å². The molecule has 0 radical (unpaired) electrons. The molecule has 4 aromatic rings. The lowest BCUT2D eigenvalue weighted by Crippen LogP contribution is -2.18. The molecule has 2 aromatic carbocycles. The summed E-state index contributed by atoms with van der Waals surface area (Å²) in [6.07, 6.45) is 1.51. The Labute approximate surface area is 180 Å². The lowest BCUT2D eigenvalue weighted by molar-refractivity contribution is 0.600. The highest BCUT2D eigenvalue weighted by Gasteiger charge is 2.19. The van der Waals surface area contributed by atoms with Gasteiger partial charge in [0.25, 0.3) is 10.0 Å². The molecular formula is C21H23N7O2S. The van der Waals surface area contributed by atoms with E-state index in [1.165, 1.54) is 12.3 Å². The fraction of sp³-hybridized carbons (Fsp3) is 0.190. The minimum Gasteiger partial charge on any atom is -0.399 e. The minimum atomic E-state index is -3.89. The molecule has 0 saturated heterocycles. The van der Waals surface area contributed by atoms with Gasteiger partial charge < -0.3 is 10.6 Å². The van der Waals surface area contributed by atoms with Gasteiger partial charge in [0, 0.05) is 42.7 Å². The van der Waals surface area contributed by atoms with E-state index in [0.717, 1.165) is 22.3 Å². The second-order valence-electron chi connectivity index (χ2n) is 7.34. The van der Waals surface area contributed by atoms with E-state index in [1.807, 2.05) is 48.8 Å². The van der Waals surface area contributed by atoms with E-state index in [1.54, 1.807) is 25.1 Å². The van der Waals surface area contributed by atoms with E-state index in [0.29, 0.717) is 17.1 Å². The lowest BCUT2D eigenvalue weighted by Gasteiger charge is -2.19. The Morgan fingerprint density at radius 1 is 1.10 bits per heavy atom. The monoisotopic (exact) mass is 437 g/mol. The van der Waals surface area contributed by atoms with Crippen LogP contribution in [0.15, 0.2) is 53.6 Å². The number of anilines is 4. The van der Waals surface area contributed by atoms with Crippen LogP contribution in [-0.2, 0) is 17.1 Å². The van der Waals surface area contributed by atoms with Crippen LogP contribution in [0.5, 0.6) is 0 Å². The smallest absolute Gasteiger partial charge is 0.264 e. The molecule has 0 atom stereocenters. The molecular weight excluding hydrogens is 414 g/mol. The number of aromatic nitrogens is 4. The molecule has 0 saturated carbocycles. The second-order valence-corrected chi connectivity index (χ2v) is 8.99. The van der Waals surface area contributed by atoms with E-state index in [4.69, 9.17) is 5.73 Å². The van der Waals surface area contributed by atoms with Crippen LogP contribution in [0.4, 0.5) is 23.1 Å². The zero-order valence-electron chi connectivity index (χ0n) is 17.7. The molecule has 0 aliphatic heterocycles. The van der Waals surface area contributed by atoms with Crippen LogP contribution in [0.2, 0.25) is 0 Å². The number of hydrogen-bond acceptors (Lipinski definition) is 7. The zero-order chi connectivity index (χ0) is 22.3. The fourth-order valence-corrected chi connectivity index (χ4v) is 4.56. The van der Waals surface area contributed by atoms with E-state index in [2.05, 4.69) is 19.8 Å². The first-order chi connectivity index (χ1) is 14.7. The number of sulfonamides is 1. The third kappa shape index (κ3) is 3.89. The topological polar surface area (TPSA) is 119 Å². The van der Waals surface area contributed by atoms with E-state index in [9.17, 15) is 8.42 Å². The third-order valence-corrected chi connectivity index (χ3v) is 6.68. The Kier molecular flexibility index (Phi) is 5.02. The van der Waals surface area contributed by atoms with Crippen molar-refractivity contribution in [1.82, 2.24) is 19.7 Å². The normalized spacial score (nSPS) is 11.6. The number of nitrogens with two attached hydrogens (primary N) is 1. The van der Waals surface area contributed by atoms with Gasteiger partial charge in [0.1, 0.15) is 5.82 Å². The molecule has 0 fully saturated rings. The fourth-order valence-electron chi connectivity index (χ4n) is 3.33. The van der Waals surface area contributed by atoms with Crippen LogP contribution in [0.1, 0.15) is 11.3 Å². The number of nitrogen functional groups attached to an aromatic ring is 1. The van der Waals surface area contributed by atoms with Gasteiger partial charge in [-0.05, 0) is 55.8 Å². The van der Waals surface area contributed by atoms with E-state index >= 15 is 0 Å². The standard InChI is InChI=1S/C21H23N7O2S/c1-13-5-6-15(22)11-19(13)31(29,30)26-21-23-10-9-20(24-21)27(3)16-7-8-17-14(2)28(4)25-18(17)12-16/h5-12H,22H2,1-4H3,(H,23,24,26). The van der Waals surface area contributed by atoms with Crippen LogP contribution in [0, 0.1) is 13.8 Å². The summed E-state index contributed by atoms with van der Waals surface area (Å²) in [4.78, 5) is 10.4. The maximum absolute atomic E-state index is 12.8. The molecule has 2 aromatic heterocycles. The quantitative estimate of drug-likeness (QED) is 0.460. The van der Waals surface area contributed by atoms with Gasteiger partial charge in [0.15, 0.2) is 0 Å². The summed E-state index contributed by atoms with van der Waals surface area (Å²) in [5.74, 6) is 0.505. The highest BCUT2D eigenvalue weighted by atomic mass is 32.2. The third-order valence-electron chi connectivity index (χ3n) is 5.21. The Balaban J connectivity index is 1.64. The van der Waals surface area contributed by atoms with Crippen molar-refractivity contribution in [3.63, 3.8) is 0 Å². The Bertz CT molecular complexity index is 1400. The summed E-state index contributed by atoms with van der Waals surface area (Å²) in [5.41, 5.74) is 9.52. The van der Waals surface area contributed by atoms with Gasteiger partial charge in [-0.1, -0.05) is 6.07 Å². The Morgan fingerprint density at radius 3 is 2.65 bits per heavy atom. The predicted molar refractivity (Wildman–Crippen MR) is 122 cm³/mol. The second kappa shape index (κ2) is 7.55. The molecule has 0 unspecified atom stereocenters. The number of benzene rings is 2. The number of aryl methyl sites for hydroxylation is 3. The van der Waals surface area contributed by atoms with Gasteiger partial charge in [-0.15, -0.1) is 0 Å². The summed E-state index contributed by atoms with van der Waals surface area (Å²) in [6, 6.07) is 12.4. The lowest BCUT2D eigenvalue weighted by atomic mass is 10.2. The Morgan fingerprint density at radius 2 is 1.87 bits per heavy atom. The molecule has 0 bridgehead atoms. The maximum atomic E-state index is 12.8. The van der Waals surface area contributed by atoms with Crippen molar-refractivity contribution in [3.8, 4) is 0 Å². The van der Waals surface area contributed by atoms with Gasteiger partial charge in [0.2, 0.25) is 5.95 Å². The van der Waals surface area contributed by atoms with Crippen molar-refractivity contribution in [2.24, 2.45) is 7.05 Å². The molecule has 0 spiro atoms. The molecule has 9 nitrogen and oxygen atoms in total. The zero-order valence-corrected chi connectivity index (χ0v) is 18.5. The molecule has 2 heterocycles. The van der Waals surface area contributed by atoms with Crippen molar-refractivity contribution >= 4 is 44.1 Å². The largest absolute Gasteiger partial charge is 0.399 e.